The Hall–Kier alpha value is -3.72. The van der Waals surface area contributed by atoms with Crippen LogP contribution in [-0.2, 0) is 11.3 Å². The number of anilines is 1. The zero-order valence-electron chi connectivity index (χ0n) is 20.8. The van der Waals surface area contributed by atoms with Crippen molar-refractivity contribution < 1.29 is 28.7 Å². The Morgan fingerprint density at radius 1 is 1.02 bits per heavy atom. The first-order valence-corrected chi connectivity index (χ1v) is 13.6. The van der Waals surface area contributed by atoms with E-state index in [9.17, 15) is 14.7 Å². The van der Waals surface area contributed by atoms with Crippen molar-refractivity contribution in [1.29, 1.82) is 0 Å². The summed E-state index contributed by atoms with van der Waals surface area (Å²) in [5, 5.41) is 14.8. The first-order valence-electron chi connectivity index (χ1n) is 12.5. The van der Waals surface area contributed by atoms with Crippen LogP contribution in [0.25, 0.3) is 11.3 Å². The summed E-state index contributed by atoms with van der Waals surface area (Å²) in [6.45, 7) is 0.337. The summed E-state index contributed by atoms with van der Waals surface area (Å²) >= 11 is 19.5. The molecule has 2 fully saturated rings. The van der Waals surface area contributed by atoms with Crippen LogP contribution in [0.5, 0.6) is 5.75 Å². The van der Waals surface area contributed by atoms with Gasteiger partial charge in [0.2, 0.25) is 0 Å². The number of carbonyl (C=O) groups excluding carboxylic acids is 1. The van der Waals surface area contributed by atoms with Crippen molar-refractivity contribution in [3.63, 3.8) is 0 Å². The maximum absolute atomic E-state index is 12.6. The third-order valence-corrected chi connectivity index (χ3v) is 7.84. The highest BCUT2D eigenvalue weighted by atomic mass is 35.5. The third kappa shape index (κ3) is 5.10. The van der Waals surface area contributed by atoms with Gasteiger partial charge in [0.25, 0.3) is 0 Å². The van der Waals surface area contributed by atoms with Gasteiger partial charge in [0.1, 0.15) is 29.9 Å². The SMILES string of the molecule is O=C(O)c1cccc(N2CC(c3ccc(OCc4c(-c5c(Cl)cccc5Cl)noc4C4CC4)cc3Cl)OC2=O)c1. The van der Waals surface area contributed by atoms with E-state index in [1.165, 1.54) is 17.0 Å². The quantitative estimate of drug-likeness (QED) is 0.218. The number of amides is 1. The van der Waals surface area contributed by atoms with Crippen LogP contribution in [0.15, 0.2) is 65.2 Å². The van der Waals surface area contributed by atoms with Crippen LogP contribution >= 0.6 is 34.8 Å². The molecule has 2 aliphatic rings. The molecule has 6 rings (SSSR count). The van der Waals surface area contributed by atoms with E-state index >= 15 is 0 Å². The van der Waals surface area contributed by atoms with Crippen LogP contribution in [0, 0.1) is 0 Å². The smallest absolute Gasteiger partial charge is 0.415 e. The average molecular weight is 600 g/mol. The first kappa shape index (κ1) is 26.5. The van der Waals surface area contributed by atoms with Crippen molar-refractivity contribution in [2.45, 2.75) is 31.5 Å². The fourth-order valence-electron chi connectivity index (χ4n) is 4.70. The Bertz CT molecular complexity index is 1610. The highest BCUT2D eigenvalue weighted by Crippen LogP contribution is 2.46. The summed E-state index contributed by atoms with van der Waals surface area (Å²) in [7, 11) is 0. The standard InChI is InChI=1S/C29H21Cl3N2O6/c30-21-5-2-6-22(31)25(21)26-20(27(40-33-26)15-7-8-15)14-38-18-9-10-19(23(32)12-18)24-13-34(29(37)39-24)17-4-1-3-16(11-17)28(35)36/h1-6,9-12,15,24H,7-8,13-14H2,(H,35,36). The van der Waals surface area contributed by atoms with E-state index in [1.54, 1.807) is 48.5 Å². The minimum atomic E-state index is -1.08. The molecule has 1 N–H and O–H groups in total. The molecule has 0 radical (unpaired) electrons. The molecule has 4 aromatic rings. The molecule has 2 heterocycles. The van der Waals surface area contributed by atoms with Gasteiger partial charge in [-0.2, -0.15) is 0 Å². The summed E-state index contributed by atoms with van der Waals surface area (Å²) in [5.74, 6) is 0.465. The number of hydrogen-bond donors (Lipinski definition) is 1. The number of carboxylic acids is 1. The molecule has 0 bridgehead atoms. The van der Waals surface area contributed by atoms with Crippen molar-refractivity contribution in [1.82, 2.24) is 5.16 Å². The molecule has 1 amide bonds. The van der Waals surface area contributed by atoms with Crippen molar-refractivity contribution in [2.24, 2.45) is 0 Å². The molecule has 1 aromatic heterocycles. The molecule has 1 atom stereocenters. The summed E-state index contributed by atoms with van der Waals surface area (Å²) in [6, 6.07) is 16.5. The van der Waals surface area contributed by atoms with E-state index in [0.717, 1.165) is 24.2 Å². The zero-order valence-corrected chi connectivity index (χ0v) is 23.0. The molecule has 3 aromatic carbocycles. The third-order valence-electron chi connectivity index (χ3n) is 6.88. The highest BCUT2D eigenvalue weighted by Gasteiger charge is 2.36. The molecular weight excluding hydrogens is 579 g/mol. The maximum atomic E-state index is 12.6. The van der Waals surface area contributed by atoms with Gasteiger partial charge in [0.05, 0.1) is 32.7 Å². The Morgan fingerprint density at radius 2 is 1.77 bits per heavy atom. The topological polar surface area (TPSA) is 102 Å². The molecule has 0 spiro atoms. The summed E-state index contributed by atoms with van der Waals surface area (Å²) in [4.78, 5) is 25.3. The van der Waals surface area contributed by atoms with Gasteiger partial charge in [0, 0.05) is 22.7 Å². The summed E-state index contributed by atoms with van der Waals surface area (Å²) in [6.07, 6.45) is 0.789. The molecule has 1 saturated carbocycles. The Balaban J connectivity index is 1.20. The van der Waals surface area contributed by atoms with Crippen molar-refractivity contribution in [3.05, 3.63) is 98.2 Å². The molecular formula is C29H21Cl3N2O6. The predicted molar refractivity (Wildman–Crippen MR) is 150 cm³/mol. The molecule has 1 saturated heterocycles. The van der Waals surface area contributed by atoms with Crippen LogP contribution in [0.3, 0.4) is 0 Å². The second kappa shape index (κ2) is 10.7. The monoisotopic (exact) mass is 598 g/mol. The number of halogens is 3. The number of nitrogens with zero attached hydrogens (tertiary/aromatic N) is 2. The average Bonchev–Trinajstić information content (AvgIpc) is 3.58. The highest BCUT2D eigenvalue weighted by molar-refractivity contribution is 6.39. The first-order chi connectivity index (χ1) is 19.3. The van der Waals surface area contributed by atoms with E-state index in [-0.39, 0.29) is 24.6 Å². The zero-order chi connectivity index (χ0) is 28.0. The lowest BCUT2D eigenvalue weighted by atomic mass is 10.0. The number of cyclic esters (lactones) is 1. The largest absolute Gasteiger partial charge is 0.489 e. The van der Waals surface area contributed by atoms with Gasteiger partial charge in [0.15, 0.2) is 0 Å². The molecule has 204 valence electrons. The van der Waals surface area contributed by atoms with Gasteiger partial charge in [-0.05, 0) is 55.3 Å². The van der Waals surface area contributed by atoms with Gasteiger partial charge in [-0.15, -0.1) is 0 Å². The molecule has 1 unspecified atom stereocenters. The lowest BCUT2D eigenvalue weighted by Crippen LogP contribution is -2.23. The number of hydrogen-bond acceptors (Lipinski definition) is 6. The molecule has 40 heavy (non-hydrogen) atoms. The molecule has 11 heteroatoms. The van der Waals surface area contributed by atoms with Crippen molar-refractivity contribution in [2.75, 3.05) is 11.4 Å². The van der Waals surface area contributed by atoms with E-state index in [2.05, 4.69) is 5.16 Å². The summed E-state index contributed by atoms with van der Waals surface area (Å²) < 4.78 is 17.4. The fraction of sp³-hybridized carbons (Fsp3) is 0.207. The van der Waals surface area contributed by atoms with Crippen LogP contribution in [-0.4, -0.2) is 28.9 Å². The van der Waals surface area contributed by atoms with Gasteiger partial charge in [-0.3, -0.25) is 4.90 Å². The van der Waals surface area contributed by atoms with Crippen LogP contribution in [0.1, 0.15) is 52.1 Å². The van der Waals surface area contributed by atoms with Crippen molar-refractivity contribution >= 4 is 52.6 Å². The van der Waals surface area contributed by atoms with E-state index in [0.29, 0.717) is 43.3 Å². The number of rotatable bonds is 8. The maximum Gasteiger partial charge on any atom is 0.415 e. The number of ether oxygens (including phenoxy) is 2. The second-order valence-corrected chi connectivity index (χ2v) is 10.8. The Kier molecular flexibility index (Phi) is 7.08. The normalized spacial score (nSPS) is 16.7. The number of aromatic carboxylic acids is 1. The Labute approximate surface area is 243 Å². The van der Waals surface area contributed by atoms with Crippen molar-refractivity contribution in [3.8, 4) is 17.0 Å². The number of carboxylic acid groups (broad SMARTS) is 1. The minimum Gasteiger partial charge on any atom is -0.489 e. The van der Waals surface area contributed by atoms with Crippen LogP contribution < -0.4 is 9.64 Å². The molecule has 8 nitrogen and oxygen atoms in total. The van der Waals surface area contributed by atoms with Gasteiger partial charge in [-0.1, -0.05) is 58.2 Å². The van der Waals surface area contributed by atoms with Crippen LogP contribution in [0.2, 0.25) is 15.1 Å². The van der Waals surface area contributed by atoms with E-state index in [1.807, 2.05) is 0 Å². The van der Waals surface area contributed by atoms with Crippen LogP contribution in [0.4, 0.5) is 10.5 Å². The van der Waals surface area contributed by atoms with E-state index < -0.39 is 18.2 Å². The second-order valence-electron chi connectivity index (χ2n) is 9.56. The van der Waals surface area contributed by atoms with Gasteiger partial charge < -0.3 is 19.1 Å². The number of aromatic nitrogens is 1. The summed E-state index contributed by atoms with van der Waals surface area (Å²) in [5.41, 5.74) is 3.03. The predicted octanol–water partition coefficient (Wildman–Crippen LogP) is 8.15. The van der Waals surface area contributed by atoms with Gasteiger partial charge in [-0.25, -0.2) is 9.59 Å². The Morgan fingerprint density at radius 3 is 2.48 bits per heavy atom. The lowest BCUT2D eigenvalue weighted by molar-refractivity contribution is 0.0696. The number of benzene rings is 3. The fourth-order valence-corrected chi connectivity index (χ4v) is 5.57. The molecule has 1 aliphatic heterocycles. The van der Waals surface area contributed by atoms with Gasteiger partial charge >= 0.3 is 12.1 Å². The molecule has 1 aliphatic carbocycles. The minimum absolute atomic E-state index is 0.0749. The van der Waals surface area contributed by atoms with E-state index in [4.69, 9.17) is 48.8 Å². The number of carbonyl (C=O) groups is 2. The lowest BCUT2D eigenvalue weighted by Gasteiger charge is -2.15.